The van der Waals surface area contributed by atoms with Crippen LogP contribution < -0.4 is 14.9 Å². The standard InChI is InChI=1S/C21H28N4O3S.C2HF3O2/c1-15-5-6-16(2)20(13-15)29(27,28)23-18-14-17(21(26)24(3)4)7-8-19(18)25-11-9-22-10-12-25;3-2(4,5)1(6)7/h5-8,13-14,22-23H,9-12H2,1-4H3;(H,6,7). The van der Waals surface area contributed by atoms with E-state index >= 15 is 0 Å². The number of halogens is 3. The van der Waals surface area contributed by atoms with Gasteiger partial charge in [0.1, 0.15) is 0 Å². The van der Waals surface area contributed by atoms with Crippen molar-refractivity contribution in [1.82, 2.24) is 10.2 Å². The summed E-state index contributed by atoms with van der Waals surface area (Å²) in [5.41, 5.74) is 3.17. The Morgan fingerprint density at radius 3 is 2.17 bits per heavy atom. The summed E-state index contributed by atoms with van der Waals surface area (Å²) in [6, 6.07) is 10.5. The largest absolute Gasteiger partial charge is 0.490 e. The molecule has 0 aliphatic carbocycles. The lowest BCUT2D eigenvalue weighted by molar-refractivity contribution is -0.192. The molecule has 36 heavy (non-hydrogen) atoms. The van der Waals surface area contributed by atoms with Gasteiger partial charge in [0.2, 0.25) is 0 Å². The van der Waals surface area contributed by atoms with E-state index in [1.165, 1.54) is 4.90 Å². The number of nitrogens with one attached hydrogen (secondary N) is 2. The van der Waals surface area contributed by atoms with Gasteiger partial charge in [0, 0.05) is 45.8 Å². The van der Waals surface area contributed by atoms with Crippen molar-refractivity contribution >= 4 is 33.3 Å². The molecule has 2 aromatic rings. The molecule has 1 heterocycles. The molecule has 0 bridgehead atoms. The van der Waals surface area contributed by atoms with Gasteiger partial charge >= 0.3 is 12.1 Å². The first-order valence-corrected chi connectivity index (χ1v) is 12.3. The molecule has 1 aliphatic rings. The second-order valence-corrected chi connectivity index (χ2v) is 10.00. The maximum Gasteiger partial charge on any atom is 0.490 e. The number of carbonyl (C=O) groups excluding carboxylic acids is 1. The molecule has 0 unspecified atom stereocenters. The lowest BCUT2D eigenvalue weighted by atomic mass is 10.1. The molecule has 13 heteroatoms. The van der Waals surface area contributed by atoms with Crippen LogP contribution >= 0.6 is 0 Å². The van der Waals surface area contributed by atoms with Crippen LogP contribution in [-0.4, -0.2) is 76.8 Å². The summed E-state index contributed by atoms with van der Waals surface area (Å²) in [6.07, 6.45) is -5.08. The van der Waals surface area contributed by atoms with E-state index in [1.807, 2.05) is 19.1 Å². The lowest BCUT2D eigenvalue weighted by Crippen LogP contribution is -2.43. The number of hydrogen-bond donors (Lipinski definition) is 3. The zero-order valence-corrected chi connectivity index (χ0v) is 21.1. The number of alkyl halides is 3. The summed E-state index contributed by atoms with van der Waals surface area (Å²) in [5.74, 6) is -2.93. The molecular formula is C23H29F3N4O5S. The van der Waals surface area contributed by atoms with Gasteiger partial charge in [0.25, 0.3) is 15.9 Å². The van der Waals surface area contributed by atoms with E-state index in [2.05, 4.69) is 14.9 Å². The number of piperazine rings is 1. The number of aliphatic carboxylic acids is 1. The van der Waals surface area contributed by atoms with Gasteiger partial charge in [-0.1, -0.05) is 12.1 Å². The minimum absolute atomic E-state index is 0.177. The summed E-state index contributed by atoms with van der Waals surface area (Å²) >= 11 is 0. The van der Waals surface area contributed by atoms with Crippen LogP contribution in [0.2, 0.25) is 0 Å². The van der Waals surface area contributed by atoms with Gasteiger partial charge in [-0.3, -0.25) is 9.52 Å². The van der Waals surface area contributed by atoms with E-state index < -0.39 is 22.2 Å². The molecule has 3 rings (SSSR count). The van der Waals surface area contributed by atoms with E-state index in [0.29, 0.717) is 16.8 Å². The number of carboxylic acid groups (broad SMARTS) is 1. The Balaban J connectivity index is 0.000000572. The van der Waals surface area contributed by atoms with Gasteiger partial charge in [0.05, 0.1) is 16.3 Å². The number of hydrogen-bond acceptors (Lipinski definition) is 6. The van der Waals surface area contributed by atoms with E-state index in [4.69, 9.17) is 9.90 Å². The zero-order valence-electron chi connectivity index (χ0n) is 20.3. The highest BCUT2D eigenvalue weighted by Gasteiger charge is 2.38. The van der Waals surface area contributed by atoms with Crippen LogP contribution in [0.1, 0.15) is 21.5 Å². The predicted octanol–water partition coefficient (Wildman–Crippen LogP) is 2.85. The molecule has 0 saturated carbocycles. The molecule has 2 aromatic carbocycles. The Bertz CT molecular complexity index is 1210. The first kappa shape index (κ1) is 28.9. The number of benzene rings is 2. The van der Waals surface area contributed by atoms with Crippen LogP contribution in [0.5, 0.6) is 0 Å². The molecule has 1 fully saturated rings. The SMILES string of the molecule is Cc1ccc(C)c(S(=O)(=O)Nc2cc(C(=O)N(C)C)ccc2N2CCNCC2)c1.O=C(O)C(F)(F)F. The van der Waals surface area contributed by atoms with Crippen LogP contribution in [0, 0.1) is 13.8 Å². The number of amides is 1. The number of sulfonamides is 1. The van der Waals surface area contributed by atoms with Crippen LogP contribution in [0.3, 0.4) is 0 Å². The third-order valence-electron chi connectivity index (χ3n) is 5.23. The number of anilines is 2. The molecule has 1 saturated heterocycles. The average molecular weight is 531 g/mol. The number of aryl methyl sites for hydroxylation is 2. The molecule has 1 amide bonds. The molecule has 198 valence electrons. The highest BCUT2D eigenvalue weighted by molar-refractivity contribution is 7.92. The Morgan fingerprint density at radius 2 is 1.64 bits per heavy atom. The molecule has 0 spiro atoms. The van der Waals surface area contributed by atoms with Crippen molar-refractivity contribution in [2.45, 2.75) is 24.9 Å². The predicted molar refractivity (Wildman–Crippen MR) is 130 cm³/mol. The van der Waals surface area contributed by atoms with Gasteiger partial charge in [-0.25, -0.2) is 13.2 Å². The molecule has 3 N–H and O–H groups in total. The fourth-order valence-corrected chi connectivity index (χ4v) is 4.78. The molecular weight excluding hydrogens is 501 g/mol. The van der Waals surface area contributed by atoms with Crippen LogP contribution in [0.4, 0.5) is 24.5 Å². The van der Waals surface area contributed by atoms with Crippen molar-refractivity contribution in [1.29, 1.82) is 0 Å². The van der Waals surface area contributed by atoms with E-state index in [1.54, 1.807) is 45.3 Å². The van der Waals surface area contributed by atoms with Crippen LogP contribution in [0.25, 0.3) is 0 Å². The van der Waals surface area contributed by atoms with Crippen molar-refractivity contribution in [3.63, 3.8) is 0 Å². The van der Waals surface area contributed by atoms with E-state index in [0.717, 1.165) is 37.4 Å². The summed E-state index contributed by atoms with van der Waals surface area (Å²) in [4.78, 5) is 25.2. The second-order valence-electron chi connectivity index (χ2n) is 8.35. The van der Waals surface area contributed by atoms with Gasteiger partial charge < -0.3 is 20.2 Å². The minimum atomic E-state index is -5.08. The quantitative estimate of drug-likeness (QED) is 0.544. The Morgan fingerprint density at radius 1 is 1.06 bits per heavy atom. The highest BCUT2D eigenvalue weighted by atomic mass is 32.2. The maximum atomic E-state index is 13.2. The minimum Gasteiger partial charge on any atom is -0.475 e. The normalized spacial score (nSPS) is 13.9. The highest BCUT2D eigenvalue weighted by Crippen LogP contribution is 2.31. The van der Waals surface area contributed by atoms with E-state index in [9.17, 15) is 26.4 Å². The number of carbonyl (C=O) groups is 2. The summed E-state index contributed by atoms with van der Waals surface area (Å²) < 4.78 is 60.9. The lowest BCUT2D eigenvalue weighted by Gasteiger charge is -2.31. The summed E-state index contributed by atoms with van der Waals surface area (Å²) in [7, 11) is -0.461. The monoisotopic (exact) mass is 530 g/mol. The van der Waals surface area contributed by atoms with Crippen molar-refractivity contribution in [2.24, 2.45) is 0 Å². The molecule has 0 radical (unpaired) electrons. The van der Waals surface area contributed by atoms with Gasteiger partial charge in [-0.15, -0.1) is 0 Å². The van der Waals surface area contributed by atoms with Gasteiger partial charge in [0.15, 0.2) is 0 Å². The number of rotatable bonds is 5. The third-order valence-corrected chi connectivity index (χ3v) is 6.73. The first-order chi connectivity index (χ1) is 16.6. The third kappa shape index (κ3) is 7.59. The van der Waals surface area contributed by atoms with Crippen molar-refractivity contribution in [2.75, 3.05) is 49.9 Å². The molecule has 9 nitrogen and oxygen atoms in total. The number of carboxylic acids is 1. The topological polar surface area (TPSA) is 119 Å². The Labute approximate surface area is 207 Å². The fourth-order valence-electron chi connectivity index (χ4n) is 3.39. The van der Waals surface area contributed by atoms with Crippen molar-refractivity contribution < 1.29 is 36.3 Å². The number of nitrogens with zero attached hydrogens (tertiary/aromatic N) is 2. The maximum absolute atomic E-state index is 13.2. The molecule has 0 aromatic heterocycles. The van der Waals surface area contributed by atoms with E-state index in [-0.39, 0.29) is 10.8 Å². The first-order valence-electron chi connectivity index (χ1n) is 10.8. The van der Waals surface area contributed by atoms with Gasteiger partial charge in [-0.05, 0) is 49.2 Å². The van der Waals surface area contributed by atoms with Crippen LogP contribution in [0.15, 0.2) is 41.3 Å². The summed E-state index contributed by atoms with van der Waals surface area (Å²) in [6.45, 7) is 6.81. The van der Waals surface area contributed by atoms with Crippen molar-refractivity contribution in [3.8, 4) is 0 Å². The van der Waals surface area contributed by atoms with Crippen LogP contribution in [-0.2, 0) is 14.8 Å². The van der Waals surface area contributed by atoms with Crippen molar-refractivity contribution in [3.05, 3.63) is 53.1 Å². The molecule has 1 aliphatic heterocycles. The smallest absolute Gasteiger partial charge is 0.475 e. The second kappa shape index (κ2) is 11.6. The zero-order chi connectivity index (χ0) is 27.3. The summed E-state index contributed by atoms with van der Waals surface area (Å²) in [5, 5.41) is 10.4. The molecule has 0 atom stereocenters. The Kier molecular flexibility index (Phi) is 9.32. The average Bonchev–Trinajstić information content (AvgIpc) is 2.80. The Hall–Kier alpha value is -3.32. The fraction of sp³-hybridized carbons (Fsp3) is 0.391. The van der Waals surface area contributed by atoms with Gasteiger partial charge in [-0.2, -0.15) is 13.2 Å².